The number of ether oxygens (including phenoxy) is 2. The quantitative estimate of drug-likeness (QED) is 0.595. The molecule has 1 aromatic carbocycles. The molecule has 4 rings (SSSR count). The predicted molar refractivity (Wildman–Crippen MR) is 109 cm³/mol. The van der Waals surface area contributed by atoms with Gasteiger partial charge in [0.2, 0.25) is 17.8 Å². The highest BCUT2D eigenvalue weighted by Gasteiger charge is 2.20. The number of halogens is 1. The second-order valence-corrected chi connectivity index (χ2v) is 6.76. The molecule has 3 heterocycles. The van der Waals surface area contributed by atoms with Gasteiger partial charge >= 0.3 is 0 Å². The van der Waals surface area contributed by atoms with Crippen LogP contribution in [0.3, 0.4) is 0 Å². The summed E-state index contributed by atoms with van der Waals surface area (Å²) in [5.74, 6) is 1.63. The molecule has 2 aliphatic heterocycles. The molecule has 0 aliphatic carbocycles. The van der Waals surface area contributed by atoms with Crippen LogP contribution >= 0.6 is 11.6 Å². The van der Waals surface area contributed by atoms with Crippen LogP contribution in [0.4, 0.5) is 17.8 Å². The molecular weight excluding hydrogens is 382 g/mol. The zero-order valence-corrected chi connectivity index (χ0v) is 16.2. The summed E-state index contributed by atoms with van der Waals surface area (Å²) in [5, 5.41) is 4.88. The summed E-state index contributed by atoms with van der Waals surface area (Å²) in [4.78, 5) is 17.9. The maximum absolute atomic E-state index is 6.16. The summed E-state index contributed by atoms with van der Waals surface area (Å²) < 4.78 is 10.9. The third kappa shape index (κ3) is 4.67. The number of aromatic nitrogens is 3. The lowest BCUT2D eigenvalue weighted by Gasteiger charge is -2.30. The maximum atomic E-state index is 6.16. The Morgan fingerprint density at radius 1 is 0.893 bits per heavy atom. The first-order chi connectivity index (χ1) is 13.8. The van der Waals surface area contributed by atoms with Crippen LogP contribution in [0.1, 0.15) is 5.56 Å². The molecule has 9 nitrogen and oxygen atoms in total. The van der Waals surface area contributed by atoms with E-state index in [1.54, 1.807) is 6.21 Å². The molecule has 148 valence electrons. The Morgan fingerprint density at radius 3 is 2.04 bits per heavy atom. The number of morpholine rings is 2. The summed E-state index contributed by atoms with van der Waals surface area (Å²) in [7, 11) is 0. The van der Waals surface area contributed by atoms with Crippen molar-refractivity contribution in [2.24, 2.45) is 5.10 Å². The molecule has 28 heavy (non-hydrogen) atoms. The van der Waals surface area contributed by atoms with Crippen LogP contribution < -0.4 is 15.2 Å². The standard InChI is InChI=1S/C18H22ClN7O2/c19-15-4-2-1-3-14(15)13-20-24-16-21-17(25-5-9-27-10-6-25)23-18(22-16)26-7-11-28-12-8-26/h1-4,13H,5-12H2,(H,21,22,23,24)/b20-13+. The van der Waals surface area contributed by atoms with Gasteiger partial charge < -0.3 is 19.3 Å². The number of anilines is 3. The van der Waals surface area contributed by atoms with E-state index in [0.717, 1.165) is 31.7 Å². The zero-order valence-electron chi connectivity index (χ0n) is 15.4. The van der Waals surface area contributed by atoms with Crippen LogP contribution in [0, 0.1) is 0 Å². The van der Waals surface area contributed by atoms with E-state index >= 15 is 0 Å². The molecule has 0 spiro atoms. The monoisotopic (exact) mass is 403 g/mol. The fraction of sp³-hybridized carbons (Fsp3) is 0.444. The number of hydrogen-bond donors (Lipinski definition) is 1. The Morgan fingerprint density at radius 2 is 1.46 bits per heavy atom. The molecule has 2 fully saturated rings. The van der Waals surface area contributed by atoms with Crippen LogP contribution in [0.15, 0.2) is 29.4 Å². The first-order valence-corrected chi connectivity index (χ1v) is 9.62. The molecule has 0 unspecified atom stereocenters. The second-order valence-electron chi connectivity index (χ2n) is 6.35. The number of nitrogens with one attached hydrogen (secondary N) is 1. The molecule has 0 saturated carbocycles. The van der Waals surface area contributed by atoms with Crippen molar-refractivity contribution in [3.8, 4) is 0 Å². The summed E-state index contributed by atoms with van der Waals surface area (Å²) in [5.41, 5.74) is 3.72. The van der Waals surface area contributed by atoms with Crippen LogP contribution in [-0.4, -0.2) is 73.8 Å². The van der Waals surface area contributed by atoms with Crippen LogP contribution in [0.25, 0.3) is 0 Å². The van der Waals surface area contributed by atoms with Gasteiger partial charge in [0.15, 0.2) is 0 Å². The molecule has 0 atom stereocenters. The van der Waals surface area contributed by atoms with Crippen molar-refractivity contribution < 1.29 is 9.47 Å². The van der Waals surface area contributed by atoms with Gasteiger partial charge in [-0.05, 0) is 6.07 Å². The van der Waals surface area contributed by atoms with Gasteiger partial charge in [-0.1, -0.05) is 29.8 Å². The van der Waals surface area contributed by atoms with Crippen molar-refractivity contribution in [2.75, 3.05) is 67.8 Å². The molecule has 2 aromatic rings. The molecule has 10 heteroatoms. The number of hydrazone groups is 1. The minimum atomic E-state index is 0.390. The van der Waals surface area contributed by atoms with Crippen molar-refractivity contribution in [1.82, 2.24) is 15.0 Å². The molecule has 0 amide bonds. The Kier molecular flexibility index (Phi) is 6.15. The Bertz CT molecular complexity index is 787. The van der Waals surface area contributed by atoms with Gasteiger partial charge in [-0.2, -0.15) is 20.1 Å². The molecule has 0 radical (unpaired) electrons. The normalized spacial score (nSPS) is 17.9. The fourth-order valence-corrected chi connectivity index (χ4v) is 3.14. The molecule has 2 aliphatic rings. The molecule has 1 N–H and O–H groups in total. The van der Waals surface area contributed by atoms with E-state index in [9.17, 15) is 0 Å². The lowest BCUT2D eigenvalue weighted by atomic mass is 10.2. The number of hydrogen-bond acceptors (Lipinski definition) is 9. The topological polar surface area (TPSA) is 88.0 Å². The highest BCUT2D eigenvalue weighted by atomic mass is 35.5. The second kappa shape index (κ2) is 9.13. The van der Waals surface area contributed by atoms with E-state index in [-0.39, 0.29) is 0 Å². The van der Waals surface area contributed by atoms with Gasteiger partial charge in [0.1, 0.15) is 0 Å². The Labute approximate surface area is 168 Å². The molecular formula is C18H22ClN7O2. The minimum absolute atomic E-state index is 0.390. The molecule has 0 bridgehead atoms. The maximum Gasteiger partial charge on any atom is 0.250 e. The van der Waals surface area contributed by atoms with Crippen LogP contribution in [0.5, 0.6) is 0 Å². The van der Waals surface area contributed by atoms with Gasteiger partial charge in [-0.3, -0.25) is 0 Å². The lowest BCUT2D eigenvalue weighted by Crippen LogP contribution is -2.40. The van der Waals surface area contributed by atoms with Gasteiger partial charge in [0.25, 0.3) is 0 Å². The Balaban J connectivity index is 1.56. The van der Waals surface area contributed by atoms with E-state index in [2.05, 4.69) is 35.3 Å². The van der Waals surface area contributed by atoms with E-state index in [4.69, 9.17) is 21.1 Å². The van der Waals surface area contributed by atoms with Gasteiger partial charge in [0, 0.05) is 36.8 Å². The predicted octanol–water partition coefficient (Wildman–Crippen LogP) is 1.64. The average molecular weight is 404 g/mol. The number of benzene rings is 1. The highest BCUT2D eigenvalue weighted by molar-refractivity contribution is 6.33. The first-order valence-electron chi connectivity index (χ1n) is 9.25. The van der Waals surface area contributed by atoms with Crippen molar-refractivity contribution in [3.05, 3.63) is 34.9 Å². The van der Waals surface area contributed by atoms with E-state index < -0.39 is 0 Å². The lowest BCUT2D eigenvalue weighted by molar-refractivity contribution is 0.121. The van der Waals surface area contributed by atoms with E-state index in [0.29, 0.717) is 49.3 Å². The number of rotatable bonds is 5. The van der Waals surface area contributed by atoms with Crippen LogP contribution in [-0.2, 0) is 9.47 Å². The summed E-state index contributed by atoms with van der Waals surface area (Å²) in [6.07, 6.45) is 1.65. The Hall–Kier alpha value is -2.49. The van der Waals surface area contributed by atoms with Crippen molar-refractivity contribution in [2.45, 2.75) is 0 Å². The van der Waals surface area contributed by atoms with E-state index in [1.807, 2.05) is 24.3 Å². The smallest absolute Gasteiger partial charge is 0.250 e. The van der Waals surface area contributed by atoms with E-state index in [1.165, 1.54) is 0 Å². The fourth-order valence-electron chi connectivity index (χ4n) is 2.95. The summed E-state index contributed by atoms with van der Waals surface area (Å²) in [6, 6.07) is 7.49. The first kappa shape index (κ1) is 18.9. The van der Waals surface area contributed by atoms with Crippen molar-refractivity contribution in [3.63, 3.8) is 0 Å². The van der Waals surface area contributed by atoms with Gasteiger partial charge in [-0.25, -0.2) is 5.43 Å². The summed E-state index contributed by atoms with van der Waals surface area (Å²) in [6.45, 7) is 5.61. The molecule has 2 saturated heterocycles. The van der Waals surface area contributed by atoms with Gasteiger partial charge in [-0.15, -0.1) is 0 Å². The van der Waals surface area contributed by atoms with Crippen molar-refractivity contribution in [1.29, 1.82) is 0 Å². The van der Waals surface area contributed by atoms with Crippen LogP contribution in [0.2, 0.25) is 5.02 Å². The third-order valence-electron chi connectivity index (χ3n) is 4.47. The average Bonchev–Trinajstić information content (AvgIpc) is 2.76. The summed E-state index contributed by atoms with van der Waals surface area (Å²) >= 11 is 6.16. The largest absolute Gasteiger partial charge is 0.378 e. The zero-order chi connectivity index (χ0) is 19.2. The van der Waals surface area contributed by atoms with Crippen molar-refractivity contribution >= 4 is 35.7 Å². The minimum Gasteiger partial charge on any atom is -0.378 e. The van der Waals surface area contributed by atoms with Gasteiger partial charge in [0.05, 0.1) is 32.6 Å². The highest BCUT2D eigenvalue weighted by Crippen LogP contribution is 2.19. The SMILES string of the molecule is Clc1ccccc1/C=N/Nc1nc(N2CCOCC2)nc(N2CCOCC2)n1. The molecule has 1 aromatic heterocycles. The third-order valence-corrected chi connectivity index (χ3v) is 4.82. The number of nitrogens with zero attached hydrogens (tertiary/aromatic N) is 6.